The fourth-order valence-corrected chi connectivity index (χ4v) is 4.67. The normalized spacial score (nSPS) is 13.3. The lowest BCUT2D eigenvalue weighted by Crippen LogP contribution is -2.48. The monoisotopic (exact) mass is 540 g/mol. The number of fused-ring (bicyclic) bond motifs is 2. The van der Waals surface area contributed by atoms with Gasteiger partial charge in [-0.1, -0.05) is 18.7 Å². The molecule has 0 atom stereocenters. The van der Waals surface area contributed by atoms with Crippen molar-refractivity contribution in [3.05, 3.63) is 54.7 Å². The molecule has 3 heterocycles. The average Bonchev–Trinajstić information content (AvgIpc) is 3.47. The van der Waals surface area contributed by atoms with Crippen molar-refractivity contribution < 1.29 is 9.53 Å². The van der Waals surface area contributed by atoms with E-state index in [9.17, 15) is 4.79 Å². The van der Waals surface area contributed by atoms with E-state index in [1.54, 1.807) is 18.1 Å². The van der Waals surface area contributed by atoms with Crippen molar-refractivity contribution in [3.63, 3.8) is 0 Å². The van der Waals surface area contributed by atoms with Crippen LogP contribution in [0.1, 0.15) is 12.0 Å². The zero-order valence-electron chi connectivity index (χ0n) is 22.6. The van der Waals surface area contributed by atoms with Crippen molar-refractivity contribution in [2.75, 3.05) is 50.0 Å². The molecule has 1 saturated heterocycles. The van der Waals surface area contributed by atoms with Crippen LogP contribution in [0.3, 0.4) is 0 Å². The standard InChI is InChI=1S/C28H32N10O2/c1-4-24(39)37-12-14-38(15-13-37)27-19-6-5-7-22(40-26-18(2)8-9-21-20(26)16-32-35-21)25(19)33-28(34-27)31-11-10-23(30)36(3)17-29/h4-9,16-17,29-30H,1,10-15H2,2-3H3,(H,32,35)(H,31,33,34). The highest BCUT2D eigenvalue weighted by atomic mass is 16.5. The maximum atomic E-state index is 12.1. The van der Waals surface area contributed by atoms with E-state index < -0.39 is 0 Å². The first-order chi connectivity index (χ1) is 19.4. The number of H-pyrrole nitrogens is 1. The molecule has 1 aliphatic rings. The Kier molecular flexibility index (Phi) is 7.58. The minimum Gasteiger partial charge on any atom is -0.454 e. The molecule has 2 aromatic carbocycles. The molecule has 4 N–H and O–H groups in total. The maximum absolute atomic E-state index is 12.1. The van der Waals surface area contributed by atoms with Crippen LogP contribution in [0.5, 0.6) is 11.5 Å². The summed E-state index contributed by atoms with van der Waals surface area (Å²) in [7, 11) is 1.67. The van der Waals surface area contributed by atoms with Crippen molar-refractivity contribution in [1.29, 1.82) is 10.8 Å². The van der Waals surface area contributed by atoms with Gasteiger partial charge in [-0.15, -0.1) is 0 Å². The molecule has 12 heteroatoms. The van der Waals surface area contributed by atoms with Crippen LogP contribution in [0.15, 0.2) is 49.2 Å². The van der Waals surface area contributed by atoms with Gasteiger partial charge in [0.15, 0.2) is 5.75 Å². The highest BCUT2D eigenvalue weighted by Gasteiger charge is 2.24. The Morgan fingerprint density at radius 1 is 1.20 bits per heavy atom. The number of amides is 1. The van der Waals surface area contributed by atoms with E-state index in [0.29, 0.717) is 67.9 Å². The Labute approximate surface area is 231 Å². The lowest BCUT2D eigenvalue weighted by atomic mass is 10.1. The number of benzene rings is 2. The van der Waals surface area contributed by atoms with Crippen LogP contribution in [0.4, 0.5) is 11.8 Å². The third-order valence-corrected chi connectivity index (χ3v) is 6.98. The quantitative estimate of drug-likeness (QED) is 0.142. The first kappa shape index (κ1) is 26.6. The van der Waals surface area contributed by atoms with Gasteiger partial charge in [-0.05, 0) is 36.8 Å². The topological polar surface area (TPSA) is 150 Å². The van der Waals surface area contributed by atoms with Crippen molar-refractivity contribution in [2.45, 2.75) is 13.3 Å². The Hall–Kier alpha value is -5.00. The molecule has 1 aliphatic heterocycles. The number of para-hydroxylation sites is 1. The Morgan fingerprint density at radius 2 is 2.00 bits per heavy atom. The maximum Gasteiger partial charge on any atom is 0.246 e. The summed E-state index contributed by atoms with van der Waals surface area (Å²) >= 11 is 0. The summed E-state index contributed by atoms with van der Waals surface area (Å²) in [5.41, 5.74) is 2.49. The lowest BCUT2D eigenvalue weighted by Gasteiger charge is -2.35. The van der Waals surface area contributed by atoms with Gasteiger partial charge in [-0.3, -0.25) is 20.7 Å². The summed E-state index contributed by atoms with van der Waals surface area (Å²) in [6.07, 6.45) is 4.60. The number of rotatable bonds is 9. The number of hydrogen-bond acceptors (Lipinski definition) is 9. The number of carbonyl (C=O) groups is 1. The lowest BCUT2D eigenvalue weighted by molar-refractivity contribution is -0.126. The third-order valence-electron chi connectivity index (χ3n) is 6.98. The van der Waals surface area contributed by atoms with E-state index in [1.165, 1.54) is 11.0 Å². The van der Waals surface area contributed by atoms with Gasteiger partial charge in [0.25, 0.3) is 0 Å². The van der Waals surface area contributed by atoms with Crippen molar-refractivity contribution in [2.24, 2.45) is 0 Å². The number of amidine groups is 1. The van der Waals surface area contributed by atoms with E-state index in [4.69, 9.17) is 25.5 Å². The number of piperazine rings is 1. The molecule has 12 nitrogen and oxygen atoms in total. The number of aromatic nitrogens is 4. The number of nitrogens with zero attached hydrogens (tertiary/aromatic N) is 6. The van der Waals surface area contributed by atoms with E-state index in [1.807, 2.05) is 37.3 Å². The first-order valence-corrected chi connectivity index (χ1v) is 13.0. The molecule has 1 amide bonds. The van der Waals surface area contributed by atoms with Crippen LogP contribution in [-0.2, 0) is 4.79 Å². The molecule has 0 aliphatic carbocycles. The van der Waals surface area contributed by atoms with Crippen molar-refractivity contribution >= 4 is 51.7 Å². The first-order valence-electron chi connectivity index (χ1n) is 13.0. The van der Waals surface area contributed by atoms with Crippen LogP contribution in [0, 0.1) is 17.7 Å². The molecular formula is C28H32N10O2. The summed E-state index contributed by atoms with van der Waals surface area (Å²) in [6, 6.07) is 9.74. The summed E-state index contributed by atoms with van der Waals surface area (Å²) in [6.45, 7) is 8.35. The zero-order valence-corrected chi connectivity index (χ0v) is 22.6. The Bertz CT molecular complexity index is 1590. The number of aromatic amines is 1. The number of ether oxygens (including phenoxy) is 1. The van der Waals surface area contributed by atoms with Gasteiger partial charge in [-0.2, -0.15) is 10.1 Å². The second-order valence-electron chi connectivity index (χ2n) is 9.55. The highest BCUT2D eigenvalue weighted by molar-refractivity contribution is 5.96. The Morgan fingerprint density at radius 3 is 2.75 bits per heavy atom. The van der Waals surface area contributed by atoms with Gasteiger partial charge in [0.1, 0.15) is 22.9 Å². The molecule has 5 rings (SSSR count). The largest absolute Gasteiger partial charge is 0.454 e. The number of carbonyl (C=O) groups excluding carboxylic acids is 1. The van der Waals surface area contributed by atoms with E-state index in [2.05, 4.69) is 27.0 Å². The minimum absolute atomic E-state index is 0.0774. The molecular weight excluding hydrogens is 508 g/mol. The van der Waals surface area contributed by atoms with Crippen LogP contribution in [0.2, 0.25) is 0 Å². The second-order valence-corrected chi connectivity index (χ2v) is 9.55. The third kappa shape index (κ3) is 5.28. The van der Waals surface area contributed by atoms with Gasteiger partial charge in [-0.25, -0.2) is 4.98 Å². The van der Waals surface area contributed by atoms with E-state index >= 15 is 0 Å². The zero-order chi connectivity index (χ0) is 28.2. The average molecular weight is 541 g/mol. The van der Waals surface area contributed by atoms with E-state index in [-0.39, 0.29) is 5.91 Å². The molecule has 0 saturated carbocycles. The van der Waals surface area contributed by atoms with Gasteiger partial charge in [0.05, 0.1) is 23.4 Å². The SMILES string of the molecule is C=CC(=O)N1CCN(c2nc(NCCC(=N)N(C)C=N)nc3c(Oc4c(C)ccc5[nH]ncc45)cccc23)CC1. The van der Waals surface area contributed by atoms with Crippen LogP contribution >= 0.6 is 0 Å². The molecule has 40 heavy (non-hydrogen) atoms. The van der Waals surface area contributed by atoms with Gasteiger partial charge >= 0.3 is 0 Å². The number of nitrogens with one attached hydrogen (secondary N) is 4. The van der Waals surface area contributed by atoms with Crippen molar-refractivity contribution in [1.82, 2.24) is 30.0 Å². The fourth-order valence-electron chi connectivity index (χ4n) is 4.67. The predicted molar refractivity (Wildman–Crippen MR) is 157 cm³/mol. The summed E-state index contributed by atoms with van der Waals surface area (Å²) in [5, 5.41) is 27.6. The fraction of sp³-hybridized carbons (Fsp3) is 0.286. The van der Waals surface area contributed by atoms with Crippen LogP contribution in [0.25, 0.3) is 21.8 Å². The molecule has 206 valence electrons. The highest BCUT2D eigenvalue weighted by Crippen LogP contribution is 2.37. The molecule has 0 unspecified atom stereocenters. The van der Waals surface area contributed by atoms with E-state index in [0.717, 1.165) is 34.0 Å². The van der Waals surface area contributed by atoms with Gasteiger partial charge in [0, 0.05) is 51.6 Å². The number of anilines is 2. The minimum atomic E-state index is -0.0774. The van der Waals surface area contributed by atoms with Gasteiger partial charge in [0.2, 0.25) is 11.9 Å². The number of hydrogen-bond donors (Lipinski definition) is 4. The molecule has 0 bridgehead atoms. The predicted octanol–water partition coefficient (Wildman–Crippen LogP) is 3.76. The van der Waals surface area contributed by atoms with Gasteiger partial charge < -0.3 is 24.8 Å². The second kappa shape index (κ2) is 11.4. The summed E-state index contributed by atoms with van der Waals surface area (Å²) in [5.74, 6) is 2.66. The Balaban J connectivity index is 1.52. The smallest absolute Gasteiger partial charge is 0.246 e. The molecule has 0 spiro atoms. The summed E-state index contributed by atoms with van der Waals surface area (Å²) < 4.78 is 6.52. The van der Waals surface area contributed by atoms with Crippen LogP contribution in [-0.4, -0.2) is 87.8 Å². The number of aryl methyl sites for hydroxylation is 1. The molecule has 0 radical (unpaired) electrons. The molecule has 4 aromatic rings. The summed E-state index contributed by atoms with van der Waals surface area (Å²) in [4.78, 5) is 27.2. The van der Waals surface area contributed by atoms with Crippen LogP contribution < -0.4 is 15.0 Å². The molecule has 2 aromatic heterocycles. The van der Waals surface area contributed by atoms with Crippen molar-refractivity contribution in [3.8, 4) is 11.5 Å². The molecule has 1 fully saturated rings.